The van der Waals surface area contributed by atoms with E-state index in [1.54, 1.807) is 0 Å². The Bertz CT molecular complexity index is 672. The van der Waals surface area contributed by atoms with Gasteiger partial charge >= 0.3 is 0 Å². The molecule has 0 fully saturated rings. The lowest BCUT2D eigenvalue weighted by molar-refractivity contribution is 0.883. The average Bonchev–Trinajstić information content (AvgIpc) is 2.48. The molecule has 2 heteroatoms. The van der Waals surface area contributed by atoms with Gasteiger partial charge in [0.15, 0.2) is 0 Å². The molecule has 19 heavy (non-hydrogen) atoms. The third kappa shape index (κ3) is 2.43. The lowest BCUT2D eigenvalue weighted by Crippen LogP contribution is -2.06. The van der Waals surface area contributed by atoms with E-state index in [4.69, 9.17) is 0 Å². The van der Waals surface area contributed by atoms with E-state index in [0.29, 0.717) is 0 Å². The molecule has 0 radical (unpaired) electrons. The monoisotopic (exact) mass is 248 g/mol. The third-order valence-electron chi connectivity index (χ3n) is 3.37. The summed E-state index contributed by atoms with van der Waals surface area (Å²) in [6.07, 6.45) is 3.66. The molecule has 2 nitrogen and oxygen atoms in total. The van der Waals surface area contributed by atoms with Gasteiger partial charge in [0, 0.05) is 29.5 Å². The molecule has 3 aromatic rings. The predicted octanol–water partition coefficient (Wildman–Crippen LogP) is 4.41. The van der Waals surface area contributed by atoms with Gasteiger partial charge in [-0.05, 0) is 36.1 Å². The summed E-state index contributed by atoms with van der Waals surface area (Å²) in [5.74, 6) is 0. The van der Waals surface area contributed by atoms with Crippen molar-refractivity contribution in [2.24, 2.45) is 0 Å². The van der Waals surface area contributed by atoms with E-state index in [0.717, 1.165) is 0 Å². The van der Waals surface area contributed by atoms with Crippen molar-refractivity contribution in [3.05, 3.63) is 72.6 Å². The number of nitrogens with one attached hydrogen (secondary N) is 1. The molecule has 1 unspecified atom stereocenters. The molecule has 0 saturated heterocycles. The zero-order valence-electron chi connectivity index (χ0n) is 10.9. The molecule has 1 heterocycles. The summed E-state index contributed by atoms with van der Waals surface area (Å²) in [6, 6.07) is 19.1. The molecular formula is C17H16N2. The molecule has 0 aliphatic carbocycles. The van der Waals surface area contributed by atoms with E-state index < -0.39 is 0 Å². The van der Waals surface area contributed by atoms with E-state index >= 15 is 0 Å². The fourth-order valence-corrected chi connectivity index (χ4v) is 2.32. The second-order valence-corrected chi connectivity index (χ2v) is 4.67. The SMILES string of the molecule is CC(Nc1cccc2ccccc12)c1ccncc1. The van der Waals surface area contributed by atoms with E-state index in [2.05, 4.69) is 59.7 Å². The van der Waals surface area contributed by atoms with Crippen LogP contribution in [-0.2, 0) is 0 Å². The van der Waals surface area contributed by atoms with Crippen LogP contribution >= 0.6 is 0 Å². The second-order valence-electron chi connectivity index (χ2n) is 4.67. The number of pyridine rings is 1. The maximum atomic E-state index is 4.06. The van der Waals surface area contributed by atoms with Crippen LogP contribution in [0.25, 0.3) is 10.8 Å². The van der Waals surface area contributed by atoms with Crippen LogP contribution in [0.3, 0.4) is 0 Å². The Kier molecular flexibility index (Phi) is 3.15. The summed E-state index contributed by atoms with van der Waals surface area (Å²) in [5, 5.41) is 6.09. The Hall–Kier alpha value is -2.35. The number of benzene rings is 2. The summed E-state index contributed by atoms with van der Waals surface area (Å²) in [4.78, 5) is 4.06. The first-order valence-electron chi connectivity index (χ1n) is 6.49. The number of rotatable bonds is 3. The van der Waals surface area contributed by atoms with Crippen molar-refractivity contribution in [3.8, 4) is 0 Å². The number of fused-ring (bicyclic) bond motifs is 1. The van der Waals surface area contributed by atoms with Crippen molar-refractivity contribution in [1.82, 2.24) is 4.98 Å². The lowest BCUT2D eigenvalue weighted by atomic mass is 10.1. The van der Waals surface area contributed by atoms with Crippen molar-refractivity contribution in [2.75, 3.05) is 5.32 Å². The highest BCUT2D eigenvalue weighted by atomic mass is 14.9. The summed E-state index contributed by atoms with van der Waals surface area (Å²) in [5.41, 5.74) is 2.41. The van der Waals surface area contributed by atoms with Gasteiger partial charge in [-0.3, -0.25) is 4.98 Å². The van der Waals surface area contributed by atoms with Gasteiger partial charge in [0.2, 0.25) is 0 Å². The zero-order valence-corrected chi connectivity index (χ0v) is 10.9. The molecule has 0 saturated carbocycles. The minimum Gasteiger partial charge on any atom is -0.378 e. The summed E-state index contributed by atoms with van der Waals surface area (Å²) in [7, 11) is 0. The van der Waals surface area contributed by atoms with Crippen LogP contribution in [0.5, 0.6) is 0 Å². The smallest absolute Gasteiger partial charge is 0.0486 e. The van der Waals surface area contributed by atoms with E-state index in [1.165, 1.54) is 22.0 Å². The van der Waals surface area contributed by atoms with Gasteiger partial charge in [-0.25, -0.2) is 0 Å². The molecule has 0 spiro atoms. The Labute approximate surface area is 113 Å². The van der Waals surface area contributed by atoms with Crippen LogP contribution in [0.2, 0.25) is 0 Å². The number of anilines is 1. The first-order valence-corrected chi connectivity index (χ1v) is 6.49. The average molecular weight is 248 g/mol. The number of hydrogen-bond acceptors (Lipinski definition) is 2. The maximum Gasteiger partial charge on any atom is 0.0486 e. The molecule has 1 aromatic heterocycles. The zero-order chi connectivity index (χ0) is 13.1. The van der Waals surface area contributed by atoms with Gasteiger partial charge in [-0.1, -0.05) is 36.4 Å². The summed E-state index contributed by atoms with van der Waals surface area (Å²) >= 11 is 0. The highest BCUT2D eigenvalue weighted by Crippen LogP contribution is 2.26. The topological polar surface area (TPSA) is 24.9 Å². The van der Waals surface area contributed by atoms with Gasteiger partial charge in [0.1, 0.15) is 0 Å². The quantitative estimate of drug-likeness (QED) is 0.742. The molecule has 2 aromatic carbocycles. The molecule has 1 N–H and O–H groups in total. The molecule has 0 amide bonds. The number of nitrogens with zero attached hydrogens (tertiary/aromatic N) is 1. The molecular weight excluding hydrogens is 232 g/mol. The van der Waals surface area contributed by atoms with Crippen molar-refractivity contribution < 1.29 is 0 Å². The fourth-order valence-electron chi connectivity index (χ4n) is 2.32. The Morgan fingerprint density at radius 3 is 2.47 bits per heavy atom. The minimum atomic E-state index is 0.258. The highest BCUT2D eigenvalue weighted by molar-refractivity contribution is 5.93. The largest absolute Gasteiger partial charge is 0.378 e. The summed E-state index contributed by atoms with van der Waals surface area (Å²) in [6.45, 7) is 2.16. The predicted molar refractivity (Wildman–Crippen MR) is 80.2 cm³/mol. The van der Waals surface area contributed by atoms with E-state index in [-0.39, 0.29) is 6.04 Å². The van der Waals surface area contributed by atoms with Gasteiger partial charge in [-0.15, -0.1) is 0 Å². The van der Waals surface area contributed by atoms with E-state index in [1.807, 2.05) is 24.5 Å². The Morgan fingerprint density at radius 2 is 1.63 bits per heavy atom. The van der Waals surface area contributed by atoms with Gasteiger partial charge in [0.05, 0.1) is 0 Å². The second kappa shape index (κ2) is 5.11. The fraction of sp³-hybridized carbons (Fsp3) is 0.118. The van der Waals surface area contributed by atoms with Gasteiger partial charge in [0.25, 0.3) is 0 Å². The maximum absolute atomic E-state index is 4.06. The van der Waals surface area contributed by atoms with Crippen molar-refractivity contribution >= 4 is 16.5 Å². The van der Waals surface area contributed by atoms with Crippen LogP contribution in [0.15, 0.2) is 67.0 Å². The lowest BCUT2D eigenvalue weighted by Gasteiger charge is -2.17. The van der Waals surface area contributed by atoms with Crippen LogP contribution in [0.1, 0.15) is 18.5 Å². The molecule has 1 atom stereocenters. The Balaban J connectivity index is 1.94. The first-order chi connectivity index (χ1) is 9.34. The number of aromatic nitrogens is 1. The number of hydrogen-bond donors (Lipinski definition) is 1. The molecule has 0 bridgehead atoms. The van der Waals surface area contributed by atoms with Crippen molar-refractivity contribution in [2.45, 2.75) is 13.0 Å². The van der Waals surface area contributed by atoms with Crippen LogP contribution < -0.4 is 5.32 Å². The van der Waals surface area contributed by atoms with Crippen LogP contribution in [-0.4, -0.2) is 4.98 Å². The van der Waals surface area contributed by atoms with Crippen LogP contribution in [0, 0.1) is 0 Å². The third-order valence-corrected chi connectivity index (χ3v) is 3.37. The van der Waals surface area contributed by atoms with E-state index in [9.17, 15) is 0 Å². The summed E-state index contributed by atoms with van der Waals surface area (Å²) < 4.78 is 0. The standard InChI is InChI=1S/C17H16N2/c1-13(14-9-11-18-12-10-14)19-17-8-4-6-15-5-2-3-7-16(15)17/h2-13,19H,1H3. The van der Waals surface area contributed by atoms with Crippen molar-refractivity contribution in [1.29, 1.82) is 0 Å². The molecule has 94 valence electrons. The molecule has 3 rings (SSSR count). The van der Waals surface area contributed by atoms with Crippen molar-refractivity contribution in [3.63, 3.8) is 0 Å². The van der Waals surface area contributed by atoms with Gasteiger partial charge < -0.3 is 5.32 Å². The highest BCUT2D eigenvalue weighted by Gasteiger charge is 2.06. The van der Waals surface area contributed by atoms with Crippen LogP contribution in [0.4, 0.5) is 5.69 Å². The molecule has 0 aliphatic heterocycles. The minimum absolute atomic E-state index is 0.258. The molecule has 0 aliphatic rings. The first kappa shape index (κ1) is 11.7. The Morgan fingerprint density at radius 1 is 0.895 bits per heavy atom. The normalized spacial score (nSPS) is 12.3. The van der Waals surface area contributed by atoms with Gasteiger partial charge in [-0.2, -0.15) is 0 Å².